The molecule has 0 amide bonds. The summed E-state index contributed by atoms with van der Waals surface area (Å²) >= 11 is 0. The first kappa shape index (κ1) is 15.6. The smallest absolute Gasteiger partial charge is 0.230 e. The van der Waals surface area contributed by atoms with Gasteiger partial charge in [0.2, 0.25) is 11.6 Å². The van der Waals surface area contributed by atoms with Crippen LogP contribution in [-0.2, 0) is 4.79 Å². The molecule has 0 aromatic heterocycles. The summed E-state index contributed by atoms with van der Waals surface area (Å²) in [7, 11) is 0. The molecule has 0 aliphatic heterocycles. The third kappa shape index (κ3) is 3.46. The largest absolute Gasteiger partial charge is 0.293 e. The molecule has 1 aromatic rings. The van der Waals surface area contributed by atoms with Gasteiger partial charge in [-0.05, 0) is 18.3 Å². The van der Waals surface area contributed by atoms with E-state index in [0.717, 1.165) is 19.3 Å². The molecule has 0 saturated heterocycles. The average Bonchev–Trinajstić information content (AvgIpc) is 2.43. The molecule has 1 aromatic carbocycles. The molecule has 112 valence electrons. The van der Waals surface area contributed by atoms with Crippen LogP contribution in [0.2, 0.25) is 0 Å². The highest BCUT2D eigenvalue weighted by molar-refractivity contribution is 6.51. The molecule has 0 fully saturated rings. The van der Waals surface area contributed by atoms with E-state index in [1.165, 1.54) is 0 Å². The van der Waals surface area contributed by atoms with Gasteiger partial charge in [-0.1, -0.05) is 57.9 Å². The van der Waals surface area contributed by atoms with Crippen molar-refractivity contribution in [2.24, 2.45) is 11.3 Å². The summed E-state index contributed by atoms with van der Waals surface area (Å²) in [4.78, 5) is 36.6. The number of carbonyl (C=O) groups excluding carboxylic acids is 3. The van der Waals surface area contributed by atoms with E-state index in [-0.39, 0.29) is 16.8 Å². The molecule has 1 aliphatic rings. The maximum Gasteiger partial charge on any atom is 0.230 e. The van der Waals surface area contributed by atoms with Crippen LogP contribution < -0.4 is 0 Å². The first-order valence-corrected chi connectivity index (χ1v) is 7.53. The monoisotopic (exact) mass is 286 g/mol. The summed E-state index contributed by atoms with van der Waals surface area (Å²) in [6, 6.07) is 6.62. The van der Waals surface area contributed by atoms with Crippen molar-refractivity contribution in [2.75, 3.05) is 0 Å². The Morgan fingerprint density at radius 2 is 1.52 bits per heavy atom. The molecule has 0 heterocycles. The Kier molecular flexibility index (Phi) is 4.40. The van der Waals surface area contributed by atoms with Crippen LogP contribution in [0.3, 0.4) is 0 Å². The van der Waals surface area contributed by atoms with Crippen LogP contribution in [0.4, 0.5) is 0 Å². The minimum atomic E-state index is -0.771. The minimum Gasteiger partial charge on any atom is -0.293 e. The predicted octanol–water partition coefficient (Wildman–Crippen LogP) is 3.86. The van der Waals surface area contributed by atoms with Crippen molar-refractivity contribution in [3.8, 4) is 0 Å². The third-order valence-corrected chi connectivity index (χ3v) is 3.96. The van der Waals surface area contributed by atoms with Crippen molar-refractivity contribution >= 4 is 17.3 Å². The lowest BCUT2D eigenvalue weighted by Gasteiger charge is -2.22. The van der Waals surface area contributed by atoms with Crippen molar-refractivity contribution in [1.82, 2.24) is 0 Å². The Labute approximate surface area is 125 Å². The zero-order valence-electron chi connectivity index (χ0n) is 12.9. The van der Waals surface area contributed by atoms with Gasteiger partial charge in [0.1, 0.15) is 0 Å². The maximum atomic E-state index is 12.4. The first-order valence-electron chi connectivity index (χ1n) is 7.53. The molecule has 1 unspecified atom stereocenters. The van der Waals surface area contributed by atoms with Crippen LogP contribution in [-0.4, -0.2) is 17.3 Å². The Morgan fingerprint density at radius 3 is 2.14 bits per heavy atom. The third-order valence-electron chi connectivity index (χ3n) is 3.96. The summed E-state index contributed by atoms with van der Waals surface area (Å²) in [6.45, 7) is 6.51. The molecular weight excluding hydrogens is 264 g/mol. The van der Waals surface area contributed by atoms with Gasteiger partial charge >= 0.3 is 0 Å². The molecule has 21 heavy (non-hydrogen) atoms. The second-order valence-corrected chi connectivity index (χ2v) is 6.96. The Balaban J connectivity index is 2.06. The lowest BCUT2D eigenvalue weighted by molar-refractivity contribution is -0.117. The van der Waals surface area contributed by atoms with Crippen molar-refractivity contribution in [3.05, 3.63) is 35.4 Å². The standard InChI is InChI=1S/C18H22O3/c1-18(2,3)11-7-6-10-14-15(19)12-8-4-5-9-13(12)16(20)17(14)21/h4-5,8-9,14H,6-7,10-11H2,1-3H3. The topological polar surface area (TPSA) is 51.2 Å². The molecule has 0 bridgehead atoms. The number of Topliss-reactive ketones (excluding diaryl/α,β-unsaturated/α-hetero) is 3. The molecular formula is C18H22O3. The Morgan fingerprint density at radius 1 is 0.905 bits per heavy atom. The van der Waals surface area contributed by atoms with Crippen molar-refractivity contribution in [3.63, 3.8) is 0 Å². The van der Waals surface area contributed by atoms with Gasteiger partial charge in [-0.25, -0.2) is 0 Å². The number of ketones is 3. The molecule has 1 atom stereocenters. The zero-order valence-corrected chi connectivity index (χ0v) is 12.9. The van der Waals surface area contributed by atoms with E-state index >= 15 is 0 Å². The van der Waals surface area contributed by atoms with Gasteiger partial charge in [-0.3, -0.25) is 14.4 Å². The van der Waals surface area contributed by atoms with Crippen LogP contribution in [0.5, 0.6) is 0 Å². The second kappa shape index (κ2) is 5.92. The lowest BCUT2D eigenvalue weighted by atomic mass is 9.78. The zero-order chi connectivity index (χ0) is 15.6. The number of unbranched alkanes of at least 4 members (excludes halogenated alkanes) is 1. The molecule has 0 saturated carbocycles. The number of benzene rings is 1. The van der Waals surface area contributed by atoms with E-state index in [4.69, 9.17) is 0 Å². The first-order chi connectivity index (χ1) is 9.81. The molecule has 3 heteroatoms. The SMILES string of the molecule is CC(C)(C)CCCCC1C(=O)C(=O)c2ccccc2C1=O. The van der Waals surface area contributed by atoms with E-state index in [9.17, 15) is 14.4 Å². The molecule has 0 N–H and O–H groups in total. The summed E-state index contributed by atoms with van der Waals surface area (Å²) in [5.41, 5.74) is 0.921. The molecule has 2 rings (SSSR count). The van der Waals surface area contributed by atoms with E-state index in [1.807, 2.05) is 0 Å². The Bertz CT molecular complexity index is 578. The number of hydrogen-bond donors (Lipinski definition) is 0. The van der Waals surface area contributed by atoms with E-state index in [1.54, 1.807) is 24.3 Å². The van der Waals surface area contributed by atoms with Gasteiger partial charge < -0.3 is 0 Å². The van der Waals surface area contributed by atoms with Gasteiger partial charge in [0, 0.05) is 11.1 Å². The maximum absolute atomic E-state index is 12.4. The van der Waals surface area contributed by atoms with E-state index in [0.29, 0.717) is 12.0 Å². The van der Waals surface area contributed by atoms with E-state index < -0.39 is 17.5 Å². The van der Waals surface area contributed by atoms with Crippen LogP contribution in [0.15, 0.2) is 24.3 Å². The fourth-order valence-electron chi connectivity index (χ4n) is 2.76. The fraction of sp³-hybridized carbons (Fsp3) is 0.500. The highest BCUT2D eigenvalue weighted by Crippen LogP contribution is 2.28. The predicted molar refractivity (Wildman–Crippen MR) is 81.5 cm³/mol. The quantitative estimate of drug-likeness (QED) is 0.480. The normalized spacial score (nSPS) is 18.8. The summed E-state index contributed by atoms with van der Waals surface area (Å²) in [5.74, 6) is -2.00. The Hall–Kier alpha value is -1.77. The van der Waals surface area contributed by atoms with Crippen LogP contribution in [0.1, 0.15) is 67.2 Å². The summed E-state index contributed by atoms with van der Waals surface area (Å²) in [5, 5.41) is 0. The number of carbonyl (C=O) groups is 3. The van der Waals surface area contributed by atoms with Crippen LogP contribution >= 0.6 is 0 Å². The van der Waals surface area contributed by atoms with E-state index in [2.05, 4.69) is 20.8 Å². The molecule has 0 spiro atoms. The number of rotatable bonds is 4. The van der Waals surface area contributed by atoms with Crippen molar-refractivity contribution in [2.45, 2.75) is 46.5 Å². The molecule has 0 radical (unpaired) electrons. The summed E-state index contributed by atoms with van der Waals surface area (Å²) in [6.07, 6.45) is 3.30. The number of fused-ring (bicyclic) bond motifs is 1. The highest BCUT2D eigenvalue weighted by atomic mass is 16.2. The average molecular weight is 286 g/mol. The van der Waals surface area contributed by atoms with Crippen LogP contribution in [0.25, 0.3) is 0 Å². The van der Waals surface area contributed by atoms with Crippen molar-refractivity contribution < 1.29 is 14.4 Å². The lowest BCUT2D eigenvalue weighted by Crippen LogP contribution is -2.36. The van der Waals surface area contributed by atoms with Gasteiger partial charge in [-0.15, -0.1) is 0 Å². The highest BCUT2D eigenvalue weighted by Gasteiger charge is 2.39. The van der Waals surface area contributed by atoms with Crippen LogP contribution in [0, 0.1) is 11.3 Å². The fourth-order valence-corrected chi connectivity index (χ4v) is 2.76. The van der Waals surface area contributed by atoms with Gasteiger partial charge in [0.05, 0.1) is 5.92 Å². The van der Waals surface area contributed by atoms with Gasteiger partial charge in [-0.2, -0.15) is 0 Å². The molecule has 1 aliphatic carbocycles. The minimum absolute atomic E-state index is 0.189. The summed E-state index contributed by atoms with van der Waals surface area (Å²) < 4.78 is 0. The van der Waals surface area contributed by atoms with Gasteiger partial charge in [0.15, 0.2) is 5.78 Å². The molecule has 3 nitrogen and oxygen atoms in total. The van der Waals surface area contributed by atoms with Crippen molar-refractivity contribution in [1.29, 1.82) is 0 Å². The van der Waals surface area contributed by atoms with Gasteiger partial charge in [0.25, 0.3) is 0 Å². The second-order valence-electron chi connectivity index (χ2n) is 6.96. The number of hydrogen-bond acceptors (Lipinski definition) is 3.